The van der Waals surface area contributed by atoms with Crippen molar-refractivity contribution in [3.63, 3.8) is 0 Å². The van der Waals surface area contributed by atoms with Crippen molar-refractivity contribution in [1.29, 1.82) is 0 Å². The quantitative estimate of drug-likeness (QED) is 0.436. The van der Waals surface area contributed by atoms with E-state index in [9.17, 15) is 23.7 Å². The SMILES string of the molecule is CC(=CCc1cc(CO)c(O)c(CO)c1)NNS(=O)(=O)c1ccc(C)cc1. The maximum absolute atomic E-state index is 12.2. The molecule has 0 spiro atoms. The number of aryl methyl sites for hydroxylation is 1. The highest BCUT2D eigenvalue weighted by molar-refractivity contribution is 7.89. The van der Waals surface area contributed by atoms with Crippen LogP contribution in [-0.2, 0) is 29.7 Å². The number of hydrogen-bond acceptors (Lipinski definition) is 6. The average Bonchev–Trinajstić information content (AvgIpc) is 2.65. The molecule has 0 bridgehead atoms. The topological polar surface area (TPSA) is 119 Å². The Morgan fingerprint density at radius 2 is 1.63 bits per heavy atom. The van der Waals surface area contributed by atoms with Gasteiger partial charge in [0.1, 0.15) is 5.75 Å². The third-order valence-electron chi connectivity index (χ3n) is 4.03. The van der Waals surface area contributed by atoms with Crippen molar-refractivity contribution in [3.05, 3.63) is 70.4 Å². The number of hydrogen-bond donors (Lipinski definition) is 5. The number of aliphatic hydroxyl groups is 2. The van der Waals surface area contributed by atoms with Crippen LogP contribution in [0.25, 0.3) is 0 Å². The number of aliphatic hydroxyl groups excluding tert-OH is 2. The monoisotopic (exact) mass is 392 g/mol. The van der Waals surface area contributed by atoms with Crippen LogP contribution in [0.3, 0.4) is 0 Å². The summed E-state index contributed by atoms with van der Waals surface area (Å²) in [5.41, 5.74) is 5.62. The largest absolute Gasteiger partial charge is 0.507 e. The van der Waals surface area contributed by atoms with E-state index in [1.54, 1.807) is 37.3 Å². The standard InChI is InChI=1S/C19H24N2O5S/c1-13-3-7-18(8-4-13)27(25,26)21-20-14(2)5-6-15-9-16(11-22)19(24)17(10-15)12-23/h3-5,7-10,20-24H,6,11-12H2,1-2H3. The van der Waals surface area contributed by atoms with E-state index >= 15 is 0 Å². The molecule has 0 amide bonds. The van der Waals surface area contributed by atoms with Crippen LogP contribution in [0.1, 0.15) is 29.2 Å². The summed E-state index contributed by atoms with van der Waals surface area (Å²) in [6.45, 7) is 2.90. The molecule has 2 aromatic carbocycles. The Labute approximate surface area is 159 Å². The Kier molecular flexibility index (Phi) is 6.98. The minimum absolute atomic E-state index is 0.117. The second-order valence-electron chi connectivity index (χ2n) is 6.21. The Balaban J connectivity index is 2.05. The molecule has 2 aromatic rings. The van der Waals surface area contributed by atoms with Crippen molar-refractivity contribution >= 4 is 10.0 Å². The molecule has 0 saturated carbocycles. The van der Waals surface area contributed by atoms with Crippen LogP contribution in [0.2, 0.25) is 0 Å². The Bertz CT molecular complexity index is 897. The third-order valence-corrected chi connectivity index (χ3v) is 5.29. The minimum Gasteiger partial charge on any atom is -0.507 e. The molecule has 5 N–H and O–H groups in total. The molecule has 0 saturated heterocycles. The highest BCUT2D eigenvalue weighted by Crippen LogP contribution is 2.25. The molecule has 0 atom stereocenters. The number of sulfonamides is 1. The van der Waals surface area contributed by atoms with Crippen molar-refractivity contribution in [2.24, 2.45) is 0 Å². The van der Waals surface area contributed by atoms with Gasteiger partial charge in [-0.15, -0.1) is 4.83 Å². The highest BCUT2D eigenvalue weighted by atomic mass is 32.2. The first kappa shape index (κ1) is 20.9. The summed E-state index contributed by atoms with van der Waals surface area (Å²) in [5, 5.41) is 28.5. The molecule has 0 unspecified atom stereocenters. The normalized spacial score (nSPS) is 12.2. The molecule has 0 fully saturated rings. The van der Waals surface area contributed by atoms with Crippen molar-refractivity contribution in [1.82, 2.24) is 10.3 Å². The van der Waals surface area contributed by atoms with Crippen LogP contribution in [0.5, 0.6) is 5.75 Å². The molecule has 7 nitrogen and oxygen atoms in total. The smallest absolute Gasteiger partial charge is 0.257 e. The van der Waals surface area contributed by atoms with E-state index in [1.165, 1.54) is 12.1 Å². The molecule has 2 rings (SSSR count). The van der Waals surface area contributed by atoms with E-state index in [-0.39, 0.29) is 23.9 Å². The molecule has 0 radical (unpaired) electrons. The molecule has 0 heterocycles. The zero-order valence-electron chi connectivity index (χ0n) is 15.2. The summed E-state index contributed by atoms with van der Waals surface area (Å²) in [7, 11) is -3.68. The molecule has 146 valence electrons. The van der Waals surface area contributed by atoms with Crippen molar-refractivity contribution in [2.75, 3.05) is 0 Å². The average molecular weight is 392 g/mol. The first-order chi connectivity index (χ1) is 12.8. The Morgan fingerprint density at radius 1 is 1.07 bits per heavy atom. The first-order valence-electron chi connectivity index (χ1n) is 8.33. The first-order valence-corrected chi connectivity index (χ1v) is 9.81. The predicted octanol–water partition coefficient (Wildman–Crippen LogP) is 1.61. The molecule has 27 heavy (non-hydrogen) atoms. The van der Waals surface area contributed by atoms with Crippen LogP contribution in [0.15, 0.2) is 53.1 Å². The molecule has 0 aliphatic rings. The van der Waals surface area contributed by atoms with E-state index < -0.39 is 10.0 Å². The van der Waals surface area contributed by atoms with Crippen molar-refractivity contribution in [3.8, 4) is 5.75 Å². The van der Waals surface area contributed by atoms with Gasteiger partial charge < -0.3 is 20.7 Å². The van der Waals surface area contributed by atoms with Gasteiger partial charge in [-0.1, -0.05) is 23.8 Å². The molecule has 0 aliphatic carbocycles. The van der Waals surface area contributed by atoms with Crippen LogP contribution < -0.4 is 10.3 Å². The number of benzene rings is 2. The lowest BCUT2D eigenvalue weighted by Gasteiger charge is -2.11. The summed E-state index contributed by atoms with van der Waals surface area (Å²) < 4.78 is 24.5. The summed E-state index contributed by atoms with van der Waals surface area (Å²) in [6, 6.07) is 9.77. The van der Waals surface area contributed by atoms with E-state index in [2.05, 4.69) is 10.3 Å². The summed E-state index contributed by atoms with van der Waals surface area (Å²) in [4.78, 5) is 2.48. The van der Waals surface area contributed by atoms with E-state index in [0.717, 1.165) is 11.1 Å². The van der Waals surface area contributed by atoms with Gasteiger partial charge in [0.05, 0.1) is 18.1 Å². The number of hydrazine groups is 1. The van der Waals surface area contributed by atoms with Crippen LogP contribution >= 0.6 is 0 Å². The fourth-order valence-corrected chi connectivity index (χ4v) is 3.34. The van der Waals surface area contributed by atoms with Crippen LogP contribution in [0, 0.1) is 6.92 Å². The zero-order chi connectivity index (χ0) is 20.0. The maximum atomic E-state index is 12.2. The van der Waals surface area contributed by atoms with Gasteiger partial charge in [0.2, 0.25) is 0 Å². The Morgan fingerprint density at radius 3 is 2.15 bits per heavy atom. The Hall–Kier alpha value is -2.39. The van der Waals surface area contributed by atoms with Gasteiger partial charge in [-0.3, -0.25) is 0 Å². The van der Waals surface area contributed by atoms with E-state index in [1.807, 2.05) is 6.92 Å². The molecular formula is C19H24N2O5S. The second-order valence-corrected chi connectivity index (χ2v) is 7.90. The maximum Gasteiger partial charge on any atom is 0.257 e. The van der Waals surface area contributed by atoms with Gasteiger partial charge in [-0.05, 0) is 50.1 Å². The number of allylic oxidation sites excluding steroid dienone is 2. The number of nitrogens with one attached hydrogen (secondary N) is 2. The zero-order valence-corrected chi connectivity index (χ0v) is 16.0. The van der Waals surface area contributed by atoms with Gasteiger partial charge in [0.15, 0.2) is 0 Å². The predicted molar refractivity (Wildman–Crippen MR) is 102 cm³/mol. The minimum atomic E-state index is -3.68. The fourth-order valence-electron chi connectivity index (χ4n) is 2.44. The molecular weight excluding hydrogens is 368 g/mol. The second kappa shape index (κ2) is 9.01. The van der Waals surface area contributed by atoms with Crippen molar-refractivity contribution < 1.29 is 23.7 Å². The highest BCUT2D eigenvalue weighted by Gasteiger charge is 2.13. The summed E-state index contributed by atoms with van der Waals surface area (Å²) >= 11 is 0. The number of aromatic hydroxyl groups is 1. The van der Waals surface area contributed by atoms with Gasteiger partial charge >= 0.3 is 0 Å². The molecule has 8 heteroatoms. The van der Waals surface area contributed by atoms with Gasteiger partial charge in [0, 0.05) is 16.8 Å². The van der Waals surface area contributed by atoms with Crippen molar-refractivity contribution in [2.45, 2.75) is 38.4 Å². The lowest BCUT2D eigenvalue weighted by molar-refractivity contribution is 0.263. The lowest BCUT2D eigenvalue weighted by Crippen LogP contribution is -2.36. The number of rotatable bonds is 8. The van der Waals surface area contributed by atoms with Crippen LogP contribution in [0.4, 0.5) is 0 Å². The van der Waals surface area contributed by atoms with E-state index in [0.29, 0.717) is 23.2 Å². The third kappa shape index (κ3) is 5.54. The van der Waals surface area contributed by atoms with E-state index in [4.69, 9.17) is 0 Å². The molecule has 0 aliphatic heterocycles. The lowest BCUT2D eigenvalue weighted by atomic mass is 10.0. The van der Waals surface area contributed by atoms with Crippen LogP contribution in [-0.4, -0.2) is 23.7 Å². The number of phenols is 1. The summed E-state index contributed by atoms with van der Waals surface area (Å²) in [5.74, 6) is -0.117. The van der Waals surface area contributed by atoms with Gasteiger partial charge in [0.25, 0.3) is 10.0 Å². The fraction of sp³-hybridized carbons (Fsp3) is 0.263. The molecule has 0 aromatic heterocycles. The van der Waals surface area contributed by atoms with Gasteiger partial charge in [-0.25, -0.2) is 8.42 Å². The van der Waals surface area contributed by atoms with Gasteiger partial charge in [-0.2, -0.15) is 0 Å². The summed E-state index contributed by atoms with van der Waals surface area (Å²) in [6.07, 6.45) is 2.18.